The predicted molar refractivity (Wildman–Crippen MR) is 45.5 cm³/mol. The Balaban J connectivity index is 0.000000145. The molecule has 1 N–H and O–H groups in total. The van der Waals surface area contributed by atoms with E-state index < -0.39 is 0 Å². The molecule has 0 radical (unpaired) electrons. The van der Waals surface area contributed by atoms with Crippen LogP contribution in [0.5, 0.6) is 0 Å². The summed E-state index contributed by atoms with van der Waals surface area (Å²) in [6, 6.07) is 0. The third-order valence-electron chi connectivity index (χ3n) is 1.46. The van der Waals surface area contributed by atoms with Crippen LogP contribution in [-0.2, 0) is 13.6 Å². The van der Waals surface area contributed by atoms with Crippen LogP contribution in [0.2, 0.25) is 0 Å². The van der Waals surface area contributed by atoms with Crippen molar-refractivity contribution in [2.24, 2.45) is 7.05 Å². The fourth-order valence-corrected chi connectivity index (χ4v) is 0.818. The first kappa shape index (κ1) is 9.37. The topological polar surface area (TPSA) is 63.3 Å². The zero-order valence-electron chi connectivity index (χ0n) is 7.75. The van der Waals surface area contributed by atoms with Crippen molar-refractivity contribution < 1.29 is 4.57 Å². The molecule has 0 saturated carbocycles. The normalized spacial score (nSPS) is 9.08. The highest BCUT2D eigenvalue weighted by molar-refractivity contribution is 4.63. The van der Waals surface area contributed by atoms with Crippen LogP contribution in [-0.4, -0.2) is 25.2 Å². The molecule has 0 unspecified atom stereocenters. The van der Waals surface area contributed by atoms with Gasteiger partial charge >= 0.3 is 0 Å². The maximum Gasteiger partial charge on any atom is 0.243 e. The molecule has 6 heteroatoms. The van der Waals surface area contributed by atoms with Gasteiger partial charge in [-0.25, -0.2) is 9.13 Å². The lowest BCUT2D eigenvalue weighted by atomic mass is 10.7. The second-order valence-corrected chi connectivity index (χ2v) is 2.47. The highest BCUT2D eigenvalue weighted by atomic mass is 15.5. The van der Waals surface area contributed by atoms with Crippen molar-refractivity contribution in [2.45, 2.75) is 13.5 Å². The van der Waals surface area contributed by atoms with Gasteiger partial charge < -0.3 is 0 Å². The van der Waals surface area contributed by atoms with Gasteiger partial charge in [0.05, 0.1) is 13.6 Å². The molecule has 6 nitrogen and oxygen atoms in total. The average molecular weight is 181 g/mol. The van der Waals surface area contributed by atoms with E-state index in [0.29, 0.717) is 0 Å². The standard InChI is InChI=1S/C6H11N2.CH2N4/c1-3-8-5-4-7(2)6-8;1-2-4-5-3-1/h4-6H,3H2,1-2H3;1H,(H,2,3,4,5)/q+1;. The number of aromatic amines is 1. The van der Waals surface area contributed by atoms with E-state index >= 15 is 0 Å². The average Bonchev–Trinajstić information content (AvgIpc) is 2.76. The molecule has 13 heavy (non-hydrogen) atoms. The van der Waals surface area contributed by atoms with Crippen LogP contribution < -0.4 is 4.57 Å². The lowest BCUT2D eigenvalue weighted by Gasteiger charge is -1.81. The monoisotopic (exact) mass is 181 g/mol. The number of nitrogens with zero attached hydrogens (tertiary/aromatic N) is 5. The number of rotatable bonds is 1. The Morgan fingerprint density at radius 3 is 2.62 bits per heavy atom. The first-order valence-corrected chi connectivity index (χ1v) is 4.00. The highest BCUT2D eigenvalue weighted by Crippen LogP contribution is 1.79. The summed E-state index contributed by atoms with van der Waals surface area (Å²) in [4.78, 5) is 0. The van der Waals surface area contributed by atoms with Gasteiger partial charge in [0, 0.05) is 0 Å². The van der Waals surface area contributed by atoms with Gasteiger partial charge in [0.2, 0.25) is 6.33 Å². The first-order valence-electron chi connectivity index (χ1n) is 4.00. The van der Waals surface area contributed by atoms with E-state index in [1.165, 1.54) is 6.33 Å². The van der Waals surface area contributed by atoms with Crippen molar-refractivity contribution >= 4 is 0 Å². The van der Waals surface area contributed by atoms with Crippen LogP contribution in [0.25, 0.3) is 0 Å². The second kappa shape index (κ2) is 5.02. The zero-order valence-corrected chi connectivity index (χ0v) is 7.75. The van der Waals surface area contributed by atoms with Crippen molar-refractivity contribution in [1.82, 2.24) is 25.2 Å². The van der Waals surface area contributed by atoms with Crippen molar-refractivity contribution in [2.75, 3.05) is 0 Å². The number of aryl methyl sites for hydroxylation is 2. The summed E-state index contributed by atoms with van der Waals surface area (Å²) >= 11 is 0. The Labute approximate surface area is 76.2 Å². The molecule has 0 atom stereocenters. The highest BCUT2D eigenvalue weighted by Gasteiger charge is 1.92. The van der Waals surface area contributed by atoms with Crippen molar-refractivity contribution in [3.63, 3.8) is 0 Å². The molecule has 2 aromatic heterocycles. The summed E-state index contributed by atoms with van der Waals surface area (Å²) in [7, 11) is 2.02. The van der Waals surface area contributed by atoms with Gasteiger partial charge in [-0.1, -0.05) is 5.21 Å². The van der Waals surface area contributed by atoms with Gasteiger partial charge in [-0.3, -0.25) is 0 Å². The van der Waals surface area contributed by atoms with E-state index in [4.69, 9.17) is 0 Å². The van der Waals surface area contributed by atoms with Gasteiger partial charge in [0.15, 0.2) is 6.33 Å². The van der Waals surface area contributed by atoms with E-state index in [0.717, 1.165) is 6.54 Å². The zero-order chi connectivity index (χ0) is 9.52. The second-order valence-electron chi connectivity index (χ2n) is 2.47. The molecule has 0 aliphatic heterocycles. The molecule has 0 fully saturated rings. The number of hydrogen-bond donors (Lipinski definition) is 1. The van der Waals surface area contributed by atoms with Gasteiger partial charge in [0.25, 0.3) is 0 Å². The van der Waals surface area contributed by atoms with Crippen molar-refractivity contribution in [3.8, 4) is 0 Å². The molecule has 0 aliphatic rings. The molecule has 0 saturated heterocycles. The molecule has 0 spiro atoms. The summed E-state index contributed by atoms with van der Waals surface area (Å²) in [5.41, 5.74) is 0. The van der Waals surface area contributed by atoms with Crippen molar-refractivity contribution in [3.05, 3.63) is 25.0 Å². The Bertz CT molecular complexity index is 294. The smallest absolute Gasteiger partial charge is 0.240 e. The minimum atomic E-state index is 1.06. The lowest BCUT2D eigenvalue weighted by Crippen LogP contribution is -2.23. The van der Waals surface area contributed by atoms with Gasteiger partial charge in [-0.05, 0) is 6.92 Å². The summed E-state index contributed by atoms with van der Waals surface area (Å²) in [5.74, 6) is 0. The summed E-state index contributed by atoms with van der Waals surface area (Å²) in [6.07, 6.45) is 7.48. The van der Waals surface area contributed by atoms with Crippen LogP contribution >= 0.6 is 0 Å². The fourth-order valence-electron chi connectivity index (χ4n) is 0.818. The summed E-state index contributed by atoms with van der Waals surface area (Å²) in [6.45, 7) is 3.18. The van der Waals surface area contributed by atoms with Crippen LogP contribution in [0.4, 0.5) is 0 Å². The fraction of sp³-hybridized carbons (Fsp3) is 0.429. The summed E-state index contributed by atoms with van der Waals surface area (Å²) < 4.78 is 4.16. The van der Waals surface area contributed by atoms with Gasteiger partial charge in [0.1, 0.15) is 12.4 Å². The maximum atomic E-state index is 3.38. The predicted octanol–water partition coefficient (Wildman–Crippen LogP) is -0.468. The minimum absolute atomic E-state index is 1.06. The largest absolute Gasteiger partial charge is 0.243 e. The Kier molecular flexibility index (Phi) is 3.62. The number of H-pyrrole nitrogens is 1. The van der Waals surface area contributed by atoms with E-state index in [-0.39, 0.29) is 0 Å². The molecule has 0 bridgehead atoms. The Hall–Kier alpha value is -1.72. The quantitative estimate of drug-likeness (QED) is 0.605. The number of hydrogen-bond acceptors (Lipinski definition) is 3. The molecule has 2 aromatic rings. The minimum Gasteiger partial charge on any atom is -0.240 e. The third-order valence-corrected chi connectivity index (χ3v) is 1.46. The van der Waals surface area contributed by atoms with E-state index in [2.05, 4.69) is 44.6 Å². The van der Waals surface area contributed by atoms with Crippen LogP contribution in [0.15, 0.2) is 25.0 Å². The SMILES string of the molecule is CCn1cc[n+](C)c1.c1nn[nH]n1. The molecule has 70 valence electrons. The third kappa shape index (κ3) is 3.46. The van der Waals surface area contributed by atoms with Gasteiger partial charge in [-0.2, -0.15) is 5.21 Å². The molecule has 0 amide bonds. The summed E-state index contributed by atoms with van der Waals surface area (Å²) in [5, 5.41) is 12.2. The number of aromatic nitrogens is 6. The molecule has 2 heterocycles. The van der Waals surface area contributed by atoms with Crippen LogP contribution in [0, 0.1) is 0 Å². The molecular weight excluding hydrogens is 168 g/mol. The van der Waals surface area contributed by atoms with Crippen LogP contribution in [0.1, 0.15) is 6.92 Å². The van der Waals surface area contributed by atoms with Crippen LogP contribution in [0.3, 0.4) is 0 Å². The Morgan fingerprint density at radius 1 is 1.54 bits per heavy atom. The van der Waals surface area contributed by atoms with Crippen molar-refractivity contribution in [1.29, 1.82) is 0 Å². The number of nitrogens with one attached hydrogen (secondary N) is 1. The van der Waals surface area contributed by atoms with Gasteiger partial charge in [-0.15, -0.1) is 10.2 Å². The van der Waals surface area contributed by atoms with E-state index in [1.807, 2.05) is 17.8 Å². The number of tetrazole rings is 1. The first-order chi connectivity index (χ1) is 6.33. The van der Waals surface area contributed by atoms with E-state index in [9.17, 15) is 0 Å². The number of imidazole rings is 1. The Morgan fingerprint density at radius 2 is 2.38 bits per heavy atom. The molecular formula is C7H13N6+. The maximum absolute atomic E-state index is 3.38. The molecule has 2 rings (SSSR count). The lowest BCUT2D eigenvalue weighted by molar-refractivity contribution is -0.671. The van der Waals surface area contributed by atoms with E-state index in [1.54, 1.807) is 0 Å². The molecule has 0 aromatic carbocycles. The molecule has 0 aliphatic carbocycles.